The Morgan fingerprint density at radius 2 is 1.85 bits per heavy atom. The second-order valence-electron chi connectivity index (χ2n) is 10.6. The largest absolute Gasteiger partial charge is 0.337 e. The smallest absolute Gasteiger partial charge is 0.322 e. The van der Waals surface area contributed by atoms with Crippen molar-refractivity contribution in [2.45, 2.75) is 32.6 Å². The van der Waals surface area contributed by atoms with Gasteiger partial charge in [-0.25, -0.2) is 9.18 Å². The van der Waals surface area contributed by atoms with Crippen LogP contribution in [0.5, 0.6) is 0 Å². The quantitative estimate of drug-likeness (QED) is 0.571. The average molecular weight is 546 g/mol. The molecule has 4 amide bonds. The second-order valence-corrected chi connectivity index (χ2v) is 10.6. The number of anilines is 3. The van der Waals surface area contributed by atoms with Crippen molar-refractivity contribution in [3.8, 4) is 0 Å². The Kier molecular flexibility index (Phi) is 8.30. The molecule has 0 aromatic heterocycles. The fourth-order valence-electron chi connectivity index (χ4n) is 5.70. The monoisotopic (exact) mass is 545 g/mol. The minimum atomic E-state index is -0.551. The van der Waals surface area contributed by atoms with Gasteiger partial charge >= 0.3 is 6.03 Å². The first-order chi connectivity index (χ1) is 19.4. The van der Waals surface area contributed by atoms with Crippen molar-refractivity contribution in [3.63, 3.8) is 0 Å². The topological polar surface area (TPSA) is 85.0 Å². The number of carbonyl (C=O) groups is 3. The zero-order chi connectivity index (χ0) is 28.2. The van der Waals surface area contributed by atoms with Gasteiger partial charge in [-0.05, 0) is 63.4 Å². The minimum Gasteiger partial charge on any atom is -0.337 e. The van der Waals surface area contributed by atoms with Crippen molar-refractivity contribution in [2.75, 3.05) is 54.5 Å². The molecule has 2 aromatic rings. The Morgan fingerprint density at radius 3 is 2.65 bits per heavy atom. The van der Waals surface area contributed by atoms with Crippen LogP contribution in [0.2, 0.25) is 0 Å². The molecule has 1 unspecified atom stereocenters. The molecule has 8 nitrogen and oxygen atoms in total. The van der Waals surface area contributed by atoms with E-state index >= 15 is 0 Å². The van der Waals surface area contributed by atoms with E-state index in [-0.39, 0.29) is 30.0 Å². The fraction of sp³-hybridized carbons (Fsp3) is 0.387. The van der Waals surface area contributed by atoms with Crippen molar-refractivity contribution < 1.29 is 18.8 Å². The molecule has 0 bridgehead atoms. The lowest BCUT2D eigenvalue weighted by Gasteiger charge is -2.36. The highest BCUT2D eigenvalue weighted by molar-refractivity contribution is 6.11. The van der Waals surface area contributed by atoms with Crippen molar-refractivity contribution in [1.82, 2.24) is 10.6 Å². The van der Waals surface area contributed by atoms with Gasteiger partial charge in [0.05, 0.1) is 5.69 Å². The lowest BCUT2D eigenvalue weighted by atomic mass is 9.89. The standard InChI is InChI=1S/C31H36FN5O3/c1-21-18-23(30(39)36-16-6-5-9-22-8-3-4-11-26(22)36)13-14-24(21)19-34-31(40)37-20-28(38)35(17-15-33-2)27-12-7-10-25(32)29(27)37/h3-4,7-8,10-13,18,24,33H,5-6,9,14-17,19-20H2,1-2H3,(H,34,40). The number of halogens is 1. The van der Waals surface area contributed by atoms with Crippen LogP contribution >= 0.6 is 0 Å². The first kappa shape index (κ1) is 27.6. The van der Waals surface area contributed by atoms with E-state index in [0.29, 0.717) is 43.9 Å². The molecule has 2 aromatic carbocycles. The molecule has 2 aliphatic heterocycles. The third-order valence-corrected chi connectivity index (χ3v) is 7.95. The Balaban J connectivity index is 1.25. The van der Waals surface area contributed by atoms with Crippen LogP contribution < -0.4 is 25.3 Å². The van der Waals surface area contributed by atoms with Gasteiger partial charge in [-0.15, -0.1) is 0 Å². The molecular weight excluding hydrogens is 509 g/mol. The molecule has 40 heavy (non-hydrogen) atoms. The molecule has 1 aliphatic carbocycles. The van der Waals surface area contributed by atoms with Crippen LogP contribution in [0.4, 0.5) is 26.2 Å². The number of benzene rings is 2. The molecule has 9 heteroatoms. The normalized spacial score (nSPS) is 18.8. The highest BCUT2D eigenvalue weighted by atomic mass is 19.1. The number of aryl methyl sites for hydroxylation is 1. The van der Waals surface area contributed by atoms with Crippen LogP contribution in [0.3, 0.4) is 0 Å². The lowest BCUT2D eigenvalue weighted by molar-refractivity contribution is -0.117. The van der Waals surface area contributed by atoms with E-state index in [0.717, 1.165) is 30.5 Å². The van der Waals surface area contributed by atoms with Gasteiger partial charge in [0.2, 0.25) is 5.91 Å². The summed E-state index contributed by atoms with van der Waals surface area (Å²) in [6.45, 7) is 3.65. The van der Waals surface area contributed by atoms with Gasteiger partial charge in [-0.3, -0.25) is 14.5 Å². The number of carbonyl (C=O) groups excluding carboxylic acids is 3. The SMILES string of the molecule is CNCCN1C(=O)CN(C(=O)NCC2CC=C(C(=O)N3CCCCc4ccccc43)C=C2C)c2c(F)cccc21. The van der Waals surface area contributed by atoms with Gasteiger partial charge in [0.25, 0.3) is 5.91 Å². The van der Waals surface area contributed by atoms with Crippen LogP contribution in [0.1, 0.15) is 31.7 Å². The van der Waals surface area contributed by atoms with E-state index in [1.54, 1.807) is 19.2 Å². The van der Waals surface area contributed by atoms with Crippen LogP contribution in [-0.2, 0) is 16.0 Å². The van der Waals surface area contributed by atoms with Gasteiger partial charge in [0, 0.05) is 43.4 Å². The predicted octanol–water partition coefficient (Wildman–Crippen LogP) is 4.17. The summed E-state index contributed by atoms with van der Waals surface area (Å²) in [7, 11) is 1.78. The maximum Gasteiger partial charge on any atom is 0.322 e. The predicted molar refractivity (Wildman–Crippen MR) is 155 cm³/mol. The van der Waals surface area contributed by atoms with Crippen molar-refractivity contribution in [2.24, 2.45) is 5.92 Å². The molecule has 0 spiro atoms. The Bertz CT molecular complexity index is 1370. The zero-order valence-electron chi connectivity index (χ0n) is 23.1. The first-order valence-electron chi connectivity index (χ1n) is 14.0. The lowest BCUT2D eigenvalue weighted by Crippen LogP contribution is -2.53. The zero-order valence-corrected chi connectivity index (χ0v) is 23.1. The minimum absolute atomic E-state index is 0.00192. The summed E-state index contributed by atoms with van der Waals surface area (Å²) in [5.74, 6) is -0.828. The highest BCUT2D eigenvalue weighted by Gasteiger charge is 2.35. The number of nitrogens with zero attached hydrogens (tertiary/aromatic N) is 3. The summed E-state index contributed by atoms with van der Waals surface area (Å²) in [6, 6.07) is 12.1. The van der Waals surface area contributed by atoms with Crippen molar-refractivity contribution in [1.29, 1.82) is 0 Å². The number of amides is 4. The summed E-state index contributed by atoms with van der Waals surface area (Å²) in [4.78, 5) is 44.2. The third-order valence-electron chi connectivity index (χ3n) is 7.95. The third kappa shape index (κ3) is 5.51. The highest BCUT2D eigenvalue weighted by Crippen LogP contribution is 2.36. The average Bonchev–Trinajstić information content (AvgIpc) is 3.18. The maximum absolute atomic E-state index is 14.9. The molecule has 1 atom stereocenters. The number of urea groups is 1. The van der Waals surface area contributed by atoms with Crippen LogP contribution in [0, 0.1) is 11.7 Å². The van der Waals surface area contributed by atoms with Gasteiger partial charge in [-0.1, -0.05) is 42.0 Å². The second kappa shape index (κ2) is 12.0. The van der Waals surface area contributed by atoms with Gasteiger partial charge in [-0.2, -0.15) is 0 Å². The molecular formula is C31H36FN5O3. The number of hydrogen-bond acceptors (Lipinski definition) is 4. The number of fused-ring (bicyclic) bond motifs is 2. The summed E-state index contributed by atoms with van der Waals surface area (Å²) in [6.07, 6.45) is 7.44. The van der Waals surface area contributed by atoms with Gasteiger partial charge < -0.3 is 20.4 Å². The number of para-hydroxylation sites is 2. The molecule has 2 heterocycles. The number of likely N-dealkylation sites (N-methyl/N-ethyl adjacent to an activating group) is 1. The van der Waals surface area contributed by atoms with Crippen LogP contribution in [0.25, 0.3) is 0 Å². The van der Waals surface area contributed by atoms with Crippen LogP contribution in [-0.4, -0.2) is 57.6 Å². The molecule has 5 rings (SSSR count). The Morgan fingerprint density at radius 1 is 1.05 bits per heavy atom. The van der Waals surface area contributed by atoms with Crippen molar-refractivity contribution >= 4 is 34.9 Å². The molecule has 0 saturated carbocycles. The molecule has 0 fully saturated rings. The molecule has 0 saturated heterocycles. The van der Waals surface area contributed by atoms with Crippen LogP contribution in [0.15, 0.2) is 65.8 Å². The van der Waals surface area contributed by atoms with Gasteiger partial charge in [0.1, 0.15) is 18.0 Å². The number of nitrogens with one attached hydrogen (secondary N) is 2. The molecule has 3 aliphatic rings. The first-order valence-corrected chi connectivity index (χ1v) is 14.0. The summed E-state index contributed by atoms with van der Waals surface area (Å²) in [5.41, 5.74) is 4.34. The van der Waals surface area contributed by atoms with Crippen molar-refractivity contribution in [3.05, 3.63) is 77.1 Å². The van der Waals surface area contributed by atoms with E-state index < -0.39 is 11.8 Å². The Hall–Kier alpha value is -3.98. The molecule has 2 N–H and O–H groups in total. The number of rotatable bonds is 6. The van der Waals surface area contributed by atoms with E-state index in [2.05, 4.69) is 16.7 Å². The number of hydrogen-bond donors (Lipinski definition) is 2. The van der Waals surface area contributed by atoms with E-state index in [4.69, 9.17) is 0 Å². The summed E-state index contributed by atoms with van der Waals surface area (Å²) < 4.78 is 14.9. The maximum atomic E-state index is 14.9. The van der Waals surface area contributed by atoms with E-state index in [1.165, 1.54) is 21.4 Å². The summed E-state index contributed by atoms with van der Waals surface area (Å²) in [5, 5.41) is 5.90. The van der Waals surface area contributed by atoms with E-state index in [1.807, 2.05) is 42.2 Å². The number of allylic oxidation sites excluding steroid dienone is 1. The molecule has 210 valence electrons. The van der Waals surface area contributed by atoms with E-state index in [9.17, 15) is 18.8 Å². The van der Waals surface area contributed by atoms with Gasteiger partial charge in [0.15, 0.2) is 0 Å². The fourth-order valence-corrected chi connectivity index (χ4v) is 5.70. The molecule has 0 radical (unpaired) electrons. The summed E-state index contributed by atoms with van der Waals surface area (Å²) >= 11 is 0. The Labute approximate surface area is 234 Å².